The SMILES string of the molecule is CCNC(=NCc1nnc2n1CCCC2)N1CCN(c2cc(Cl)ccc2C)CC1. The minimum atomic E-state index is 0.572. The van der Waals surface area contributed by atoms with Crippen LogP contribution >= 0.6 is 11.6 Å². The Labute approximate surface area is 177 Å². The van der Waals surface area contributed by atoms with Crippen LogP contribution in [0, 0.1) is 6.92 Å². The Bertz CT molecular complexity index is 868. The highest BCUT2D eigenvalue weighted by Crippen LogP contribution is 2.25. The highest BCUT2D eigenvalue weighted by Gasteiger charge is 2.22. The Hall–Kier alpha value is -2.28. The second-order valence-corrected chi connectivity index (χ2v) is 8.15. The van der Waals surface area contributed by atoms with Gasteiger partial charge in [-0.3, -0.25) is 0 Å². The van der Waals surface area contributed by atoms with Gasteiger partial charge in [0.1, 0.15) is 12.4 Å². The van der Waals surface area contributed by atoms with Gasteiger partial charge in [0.15, 0.2) is 11.8 Å². The zero-order valence-electron chi connectivity index (χ0n) is 17.4. The lowest BCUT2D eigenvalue weighted by Gasteiger charge is -2.38. The van der Waals surface area contributed by atoms with Crippen LogP contribution in [0.3, 0.4) is 0 Å². The summed E-state index contributed by atoms with van der Waals surface area (Å²) in [7, 11) is 0. The van der Waals surface area contributed by atoms with E-state index < -0.39 is 0 Å². The number of aliphatic imine (C=N–C) groups is 1. The van der Waals surface area contributed by atoms with E-state index in [2.05, 4.69) is 55.9 Å². The summed E-state index contributed by atoms with van der Waals surface area (Å²) in [5, 5.41) is 13.0. The molecule has 1 aromatic carbocycles. The molecule has 0 radical (unpaired) electrons. The molecule has 29 heavy (non-hydrogen) atoms. The van der Waals surface area contributed by atoms with E-state index in [0.29, 0.717) is 6.54 Å². The van der Waals surface area contributed by atoms with Gasteiger partial charge in [-0.25, -0.2) is 4.99 Å². The van der Waals surface area contributed by atoms with Crippen LogP contribution in [-0.4, -0.2) is 58.3 Å². The van der Waals surface area contributed by atoms with Gasteiger partial charge in [-0.2, -0.15) is 0 Å². The van der Waals surface area contributed by atoms with Crippen molar-refractivity contribution in [3.8, 4) is 0 Å². The molecule has 1 saturated heterocycles. The first kappa shape index (κ1) is 20.0. The van der Waals surface area contributed by atoms with Crippen LogP contribution in [0.4, 0.5) is 5.69 Å². The van der Waals surface area contributed by atoms with Crippen molar-refractivity contribution in [1.82, 2.24) is 25.0 Å². The van der Waals surface area contributed by atoms with E-state index in [1.54, 1.807) is 0 Å². The van der Waals surface area contributed by atoms with Crippen molar-refractivity contribution in [1.29, 1.82) is 0 Å². The fourth-order valence-corrected chi connectivity index (χ4v) is 4.31. The fraction of sp³-hybridized carbons (Fsp3) is 0.571. The first-order valence-electron chi connectivity index (χ1n) is 10.6. The smallest absolute Gasteiger partial charge is 0.194 e. The van der Waals surface area contributed by atoms with Gasteiger partial charge >= 0.3 is 0 Å². The van der Waals surface area contributed by atoms with Crippen LogP contribution in [0.1, 0.15) is 37.0 Å². The average molecular weight is 416 g/mol. The summed E-state index contributed by atoms with van der Waals surface area (Å²) in [6, 6.07) is 6.12. The third-order valence-electron chi connectivity index (χ3n) is 5.73. The monoisotopic (exact) mass is 415 g/mol. The number of fused-ring (bicyclic) bond motifs is 1. The van der Waals surface area contributed by atoms with E-state index >= 15 is 0 Å². The number of aromatic nitrogens is 3. The topological polar surface area (TPSA) is 61.6 Å². The summed E-state index contributed by atoms with van der Waals surface area (Å²) in [5.74, 6) is 3.04. The van der Waals surface area contributed by atoms with Gasteiger partial charge in [-0.15, -0.1) is 10.2 Å². The molecule has 2 aliphatic heterocycles. The lowest BCUT2D eigenvalue weighted by molar-refractivity contribution is 0.372. The molecule has 8 heteroatoms. The summed E-state index contributed by atoms with van der Waals surface area (Å²) >= 11 is 6.22. The number of aryl methyl sites for hydroxylation is 2. The second kappa shape index (κ2) is 9.03. The molecule has 2 aliphatic rings. The number of nitrogens with one attached hydrogen (secondary N) is 1. The Balaban J connectivity index is 1.42. The summed E-state index contributed by atoms with van der Waals surface area (Å²) in [6.07, 6.45) is 3.44. The normalized spacial score (nSPS) is 17.4. The first-order chi connectivity index (χ1) is 14.2. The Morgan fingerprint density at radius 2 is 1.97 bits per heavy atom. The maximum Gasteiger partial charge on any atom is 0.194 e. The average Bonchev–Trinajstić information content (AvgIpc) is 3.16. The van der Waals surface area contributed by atoms with Crippen LogP contribution in [0.2, 0.25) is 5.02 Å². The molecule has 1 fully saturated rings. The van der Waals surface area contributed by atoms with Gasteiger partial charge < -0.3 is 19.7 Å². The number of guanidine groups is 1. The number of hydrogen-bond donors (Lipinski definition) is 1. The molecule has 0 spiro atoms. The molecule has 1 aromatic heterocycles. The van der Waals surface area contributed by atoms with E-state index in [-0.39, 0.29) is 0 Å². The van der Waals surface area contributed by atoms with Crippen molar-refractivity contribution < 1.29 is 0 Å². The van der Waals surface area contributed by atoms with Gasteiger partial charge in [0, 0.05) is 56.4 Å². The van der Waals surface area contributed by atoms with Crippen molar-refractivity contribution in [2.45, 2.75) is 46.2 Å². The number of halogens is 1. The molecule has 0 saturated carbocycles. The summed E-state index contributed by atoms with van der Waals surface area (Å²) < 4.78 is 2.25. The van der Waals surface area contributed by atoms with Gasteiger partial charge in [-0.05, 0) is 44.4 Å². The number of rotatable bonds is 4. The molecule has 3 heterocycles. The summed E-state index contributed by atoms with van der Waals surface area (Å²) in [6.45, 7) is 10.4. The lowest BCUT2D eigenvalue weighted by atomic mass is 10.1. The standard InChI is InChI=1S/C21H30ClN7/c1-3-23-21(24-15-20-26-25-19-6-4-5-9-29(19)20)28-12-10-27(11-13-28)18-14-17(22)8-7-16(18)2/h7-8,14H,3-6,9-13,15H2,1-2H3,(H,23,24). The molecular weight excluding hydrogens is 386 g/mol. The van der Waals surface area contributed by atoms with Crippen LogP contribution in [-0.2, 0) is 19.5 Å². The van der Waals surface area contributed by atoms with Crippen LogP contribution in [0.25, 0.3) is 0 Å². The maximum atomic E-state index is 6.22. The highest BCUT2D eigenvalue weighted by atomic mass is 35.5. The van der Waals surface area contributed by atoms with E-state index in [9.17, 15) is 0 Å². The second-order valence-electron chi connectivity index (χ2n) is 7.72. The van der Waals surface area contributed by atoms with Crippen molar-refractivity contribution >= 4 is 23.2 Å². The first-order valence-corrected chi connectivity index (χ1v) is 11.0. The Morgan fingerprint density at radius 3 is 2.76 bits per heavy atom. The molecule has 2 aromatic rings. The van der Waals surface area contributed by atoms with Crippen molar-refractivity contribution in [3.05, 3.63) is 40.4 Å². The van der Waals surface area contributed by atoms with Crippen molar-refractivity contribution in [2.24, 2.45) is 4.99 Å². The zero-order valence-corrected chi connectivity index (χ0v) is 18.1. The largest absolute Gasteiger partial charge is 0.368 e. The molecule has 4 rings (SSSR count). The van der Waals surface area contributed by atoms with E-state index in [1.165, 1.54) is 24.1 Å². The lowest BCUT2D eigenvalue weighted by Crippen LogP contribution is -2.52. The molecule has 1 N–H and O–H groups in total. The summed E-state index contributed by atoms with van der Waals surface area (Å²) in [5.41, 5.74) is 2.49. The van der Waals surface area contributed by atoms with Crippen molar-refractivity contribution in [2.75, 3.05) is 37.6 Å². The van der Waals surface area contributed by atoms with Gasteiger partial charge in [0.25, 0.3) is 0 Å². The number of anilines is 1. The molecule has 7 nitrogen and oxygen atoms in total. The summed E-state index contributed by atoms with van der Waals surface area (Å²) in [4.78, 5) is 9.64. The van der Waals surface area contributed by atoms with Crippen LogP contribution < -0.4 is 10.2 Å². The third kappa shape index (κ3) is 4.50. The quantitative estimate of drug-likeness (QED) is 0.614. The van der Waals surface area contributed by atoms with Gasteiger partial charge in [0.05, 0.1) is 0 Å². The number of hydrogen-bond acceptors (Lipinski definition) is 4. The Kier molecular flexibility index (Phi) is 6.23. The predicted molar refractivity (Wildman–Crippen MR) is 118 cm³/mol. The Morgan fingerprint density at radius 1 is 1.14 bits per heavy atom. The minimum absolute atomic E-state index is 0.572. The zero-order chi connectivity index (χ0) is 20.2. The van der Waals surface area contributed by atoms with Crippen molar-refractivity contribution in [3.63, 3.8) is 0 Å². The van der Waals surface area contributed by atoms with Crippen LogP contribution in [0.15, 0.2) is 23.2 Å². The van der Waals surface area contributed by atoms with E-state index in [1.807, 2.05) is 6.07 Å². The van der Waals surface area contributed by atoms with E-state index in [0.717, 1.165) is 68.3 Å². The third-order valence-corrected chi connectivity index (χ3v) is 5.97. The molecule has 0 aliphatic carbocycles. The van der Waals surface area contributed by atoms with Crippen LogP contribution in [0.5, 0.6) is 0 Å². The highest BCUT2D eigenvalue weighted by molar-refractivity contribution is 6.30. The predicted octanol–water partition coefficient (Wildman–Crippen LogP) is 2.86. The minimum Gasteiger partial charge on any atom is -0.368 e. The maximum absolute atomic E-state index is 6.22. The molecule has 156 valence electrons. The molecule has 0 bridgehead atoms. The van der Waals surface area contributed by atoms with E-state index in [4.69, 9.17) is 16.6 Å². The molecule has 0 amide bonds. The number of benzene rings is 1. The number of piperazine rings is 1. The molecule has 0 atom stereocenters. The fourth-order valence-electron chi connectivity index (χ4n) is 4.14. The molecular formula is C21H30ClN7. The number of nitrogens with zero attached hydrogens (tertiary/aromatic N) is 6. The van der Waals surface area contributed by atoms with Gasteiger partial charge in [0.2, 0.25) is 0 Å². The molecule has 0 unspecified atom stereocenters. The van der Waals surface area contributed by atoms with Gasteiger partial charge in [-0.1, -0.05) is 17.7 Å².